The van der Waals surface area contributed by atoms with Gasteiger partial charge in [-0.15, -0.1) is 0 Å². The molecular weight excluding hydrogens is 278 g/mol. The van der Waals surface area contributed by atoms with Crippen LogP contribution in [-0.2, 0) is 11.3 Å². The van der Waals surface area contributed by atoms with Crippen molar-refractivity contribution >= 4 is 12.0 Å². The van der Waals surface area contributed by atoms with Crippen molar-refractivity contribution in [3.05, 3.63) is 28.6 Å². The number of aromatic nitrogens is 1. The molecule has 0 radical (unpaired) electrons. The van der Waals surface area contributed by atoms with E-state index >= 15 is 0 Å². The summed E-state index contributed by atoms with van der Waals surface area (Å²) < 4.78 is 2.22. The normalized spacial score (nSPS) is 11.3. The number of aryl methyl sites for hydroxylation is 1. The van der Waals surface area contributed by atoms with E-state index in [0.717, 1.165) is 36.3 Å². The highest BCUT2D eigenvalue weighted by molar-refractivity contribution is 6.01. The third kappa shape index (κ3) is 4.74. The molecule has 0 fully saturated rings. The van der Waals surface area contributed by atoms with Gasteiger partial charge in [0.1, 0.15) is 11.6 Å². The van der Waals surface area contributed by atoms with E-state index < -0.39 is 5.91 Å². The fourth-order valence-electron chi connectivity index (χ4n) is 2.31. The number of nitriles is 1. The molecule has 0 saturated carbocycles. The van der Waals surface area contributed by atoms with Gasteiger partial charge in [-0.2, -0.15) is 5.26 Å². The second kappa shape index (κ2) is 9.06. The number of unbranched alkanes of at least 4 members (excludes halogenated alkanes) is 1. The molecule has 1 heterocycles. The van der Waals surface area contributed by atoms with Crippen LogP contribution < -0.4 is 5.32 Å². The topological polar surface area (TPSA) is 78.0 Å². The zero-order chi connectivity index (χ0) is 16.5. The molecule has 1 aromatic rings. The molecular formula is C17H25N3O2. The molecule has 5 heteroatoms. The first-order chi connectivity index (χ1) is 10.5. The van der Waals surface area contributed by atoms with E-state index in [0.29, 0.717) is 13.0 Å². The highest BCUT2D eigenvalue weighted by atomic mass is 16.3. The number of carbonyl (C=O) groups excluding carboxylic acids is 1. The van der Waals surface area contributed by atoms with Crippen molar-refractivity contribution in [3.8, 4) is 6.07 Å². The first kappa shape index (κ1) is 18.0. The number of hydrogen-bond acceptors (Lipinski definition) is 3. The zero-order valence-corrected chi connectivity index (χ0v) is 13.6. The Balaban J connectivity index is 2.94. The highest BCUT2D eigenvalue weighted by Gasteiger charge is 2.12. The molecule has 2 N–H and O–H groups in total. The Kier molecular flexibility index (Phi) is 7.41. The van der Waals surface area contributed by atoms with Gasteiger partial charge in [-0.1, -0.05) is 13.3 Å². The number of rotatable bonds is 8. The van der Waals surface area contributed by atoms with Crippen molar-refractivity contribution in [3.63, 3.8) is 0 Å². The predicted octanol–water partition coefficient (Wildman–Crippen LogP) is 2.31. The van der Waals surface area contributed by atoms with Crippen molar-refractivity contribution in [2.45, 2.75) is 46.6 Å². The lowest BCUT2D eigenvalue weighted by Crippen LogP contribution is -2.26. The molecule has 0 atom stereocenters. The van der Waals surface area contributed by atoms with Gasteiger partial charge in [-0.25, -0.2) is 0 Å². The van der Waals surface area contributed by atoms with Gasteiger partial charge < -0.3 is 15.0 Å². The van der Waals surface area contributed by atoms with Crippen LogP contribution in [0.25, 0.3) is 6.08 Å². The minimum absolute atomic E-state index is 0.0183. The van der Waals surface area contributed by atoms with Gasteiger partial charge in [0.25, 0.3) is 5.91 Å². The van der Waals surface area contributed by atoms with Gasteiger partial charge in [0, 0.05) is 31.1 Å². The van der Waals surface area contributed by atoms with Crippen LogP contribution >= 0.6 is 0 Å². The molecule has 5 nitrogen and oxygen atoms in total. The molecule has 120 valence electrons. The summed E-state index contributed by atoms with van der Waals surface area (Å²) in [5, 5.41) is 20.5. The molecule has 1 aromatic heterocycles. The summed E-state index contributed by atoms with van der Waals surface area (Å²) in [6, 6.07) is 3.96. The van der Waals surface area contributed by atoms with Gasteiger partial charge in [0.05, 0.1) is 0 Å². The third-order valence-electron chi connectivity index (χ3n) is 3.63. The Morgan fingerprint density at radius 1 is 1.45 bits per heavy atom. The van der Waals surface area contributed by atoms with Crippen LogP contribution in [-0.4, -0.2) is 28.7 Å². The molecule has 1 amide bonds. The number of aliphatic hydroxyl groups excluding tert-OH is 1. The zero-order valence-electron chi connectivity index (χ0n) is 13.6. The van der Waals surface area contributed by atoms with E-state index in [4.69, 9.17) is 5.11 Å². The van der Waals surface area contributed by atoms with Crippen LogP contribution in [0, 0.1) is 25.2 Å². The molecule has 22 heavy (non-hydrogen) atoms. The maximum atomic E-state index is 11.9. The molecule has 0 aliphatic heterocycles. The van der Waals surface area contributed by atoms with Crippen molar-refractivity contribution in [2.24, 2.45) is 0 Å². The quantitative estimate of drug-likeness (QED) is 0.439. The molecule has 0 bridgehead atoms. The Morgan fingerprint density at radius 3 is 2.77 bits per heavy atom. The Hall–Kier alpha value is -2.06. The lowest BCUT2D eigenvalue weighted by molar-refractivity contribution is -0.117. The van der Waals surface area contributed by atoms with E-state index in [2.05, 4.69) is 16.8 Å². The summed E-state index contributed by atoms with van der Waals surface area (Å²) in [6.07, 6.45) is 4.35. The molecule has 0 aromatic carbocycles. The summed E-state index contributed by atoms with van der Waals surface area (Å²) in [7, 11) is 0. The first-order valence-corrected chi connectivity index (χ1v) is 7.72. The standard InChI is InChI=1S/C17H25N3O2/c1-4-5-8-20-13(2)10-15(14(20)3)11-16(12-18)17(22)19-7-6-9-21/h10-11,21H,4-9H2,1-3H3,(H,19,22)/b16-11-. The highest BCUT2D eigenvalue weighted by Crippen LogP contribution is 2.19. The van der Waals surface area contributed by atoms with Gasteiger partial charge in [-0.05, 0) is 44.4 Å². The number of nitrogens with one attached hydrogen (secondary N) is 1. The van der Waals surface area contributed by atoms with Crippen molar-refractivity contribution in [1.29, 1.82) is 5.26 Å². The van der Waals surface area contributed by atoms with E-state index in [1.54, 1.807) is 6.08 Å². The second-order valence-electron chi connectivity index (χ2n) is 5.33. The Labute approximate surface area is 132 Å². The first-order valence-electron chi connectivity index (χ1n) is 7.72. The molecule has 0 saturated heterocycles. The van der Waals surface area contributed by atoms with Gasteiger partial charge >= 0.3 is 0 Å². The fourth-order valence-corrected chi connectivity index (χ4v) is 2.31. The molecule has 0 aliphatic carbocycles. The summed E-state index contributed by atoms with van der Waals surface area (Å²) in [4.78, 5) is 11.9. The fraction of sp³-hybridized carbons (Fsp3) is 0.529. The Morgan fingerprint density at radius 2 is 2.18 bits per heavy atom. The third-order valence-corrected chi connectivity index (χ3v) is 3.63. The lowest BCUT2D eigenvalue weighted by Gasteiger charge is -2.08. The van der Waals surface area contributed by atoms with E-state index in [1.165, 1.54) is 0 Å². The smallest absolute Gasteiger partial charge is 0.261 e. The van der Waals surface area contributed by atoms with E-state index in [1.807, 2.05) is 26.0 Å². The average Bonchev–Trinajstić information content (AvgIpc) is 2.77. The molecule has 0 unspecified atom stereocenters. The summed E-state index contributed by atoms with van der Waals surface area (Å²) in [5.41, 5.74) is 3.20. The SMILES string of the molecule is CCCCn1c(C)cc(/C=C(/C#N)C(=O)NCCCO)c1C. The second-order valence-corrected chi connectivity index (χ2v) is 5.33. The van der Waals surface area contributed by atoms with Crippen molar-refractivity contribution in [2.75, 3.05) is 13.2 Å². The minimum atomic E-state index is -0.394. The van der Waals surface area contributed by atoms with Crippen LogP contribution in [0.1, 0.15) is 43.1 Å². The van der Waals surface area contributed by atoms with Crippen LogP contribution in [0.5, 0.6) is 0 Å². The molecule has 1 rings (SSSR count). The number of aliphatic hydroxyl groups is 1. The number of carbonyl (C=O) groups is 1. The van der Waals surface area contributed by atoms with Gasteiger partial charge in [-0.3, -0.25) is 4.79 Å². The van der Waals surface area contributed by atoms with Crippen molar-refractivity contribution in [1.82, 2.24) is 9.88 Å². The monoisotopic (exact) mass is 303 g/mol. The van der Waals surface area contributed by atoms with E-state index in [9.17, 15) is 10.1 Å². The molecule has 0 spiro atoms. The Bertz CT molecular complexity index is 579. The summed E-state index contributed by atoms with van der Waals surface area (Å²) in [6.45, 7) is 7.53. The lowest BCUT2D eigenvalue weighted by atomic mass is 10.1. The van der Waals surface area contributed by atoms with Crippen molar-refractivity contribution < 1.29 is 9.90 Å². The van der Waals surface area contributed by atoms with Crippen LogP contribution in [0.4, 0.5) is 0 Å². The van der Waals surface area contributed by atoms with E-state index in [-0.39, 0.29) is 12.2 Å². The average molecular weight is 303 g/mol. The number of amides is 1. The van der Waals surface area contributed by atoms with Crippen LogP contribution in [0.2, 0.25) is 0 Å². The summed E-state index contributed by atoms with van der Waals surface area (Å²) >= 11 is 0. The van der Waals surface area contributed by atoms with Gasteiger partial charge in [0.2, 0.25) is 0 Å². The van der Waals surface area contributed by atoms with Gasteiger partial charge in [0.15, 0.2) is 0 Å². The predicted molar refractivity (Wildman–Crippen MR) is 87.1 cm³/mol. The van der Waals surface area contributed by atoms with Crippen LogP contribution in [0.3, 0.4) is 0 Å². The van der Waals surface area contributed by atoms with Crippen LogP contribution in [0.15, 0.2) is 11.6 Å². The number of hydrogen-bond donors (Lipinski definition) is 2. The summed E-state index contributed by atoms with van der Waals surface area (Å²) in [5.74, 6) is -0.394. The number of nitrogens with zero attached hydrogens (tertiary/aromatic N) is 2. The molecule has 0 aliphatic rings. The largest absolute Gasteiger partial charge is 0.396 e. The maximum Gasteiger partial charge on any atom is 0.261 e. The minimum Gasteiger partial charge on any atom is -0.396 e. The maximum absolute atomic E-state index is 11.9.